The van der Waals surface area contributed by atoms with Crippen LogP contribution >= 0.6 is 12.2 Å². The average Bonchev–Trinajstić information content (AvgIpc) is 2.68. The molecule has 1 aromatic heterocycles. The Balaban J connectivity index is 2.72. The van der Waals surface area contributed by atoms with Crippen LogP contribution in [0.1, 0.15) is 39.2 Å². The zero-order valence-corrected chi connectivity index (χ0v) is 11.3. The van der Waals surface area contributed by atoms with Crippen molar-refractivity contribution in [1.29, 1.82) is 0 Å². The summed E-state index contributed by atoms with van der Waals surface area (Å²) in [6.07, 6.45) is 2.71. The average molecular weight is 270 g/mol. The molecule has 0 aliphatic heterocycles. The number of aromatic amines is 1. The van der Waals surface area contributed by atoms with Crippen LogP contribution in [0.2, 0.25) is 0 Å². The van der Waals surface area contributed by atoms with E-state index in [1.54, 1.807) is 4.57 Å². The number of imidazole rings is 1. The molecule has 0 aliphatic carbocycles. The van der Waals surface area contributed by atoms with Gasteiger partial charge in [0.05, 0.1) is 5.52 Å². The van der Waals surface area contributed by atoms with Gasteiger partial charge in [-0.2, -0.15) is 0 Å². The molecule has 0 bridgehead atoms. The van der Waals surface area contributed by atoms with Crippen LogP contribution in [0.4, 0.5) is 8.78 Å². The van der Waals surface area contributed by atoms with Gasteiger partial charge in [0.25, 0.3) is 0 Å². The summed E-state index contributed by atoms with van der Waals surface area (Å²) in [7, 11) is 0. The van der Waals surface area contributed by atoms with Crippen molar-refractivity contribution in [3.05, 3.63) is 28.5 Å². The molecule has 1 N–H and O–H groups in total. The molecule has 0 fully saturated rings. The van der Waals surface area contributed by atoms with E-state index in [-0.39, 0.29) is 11.6 Å². The van der Waals surface area contributed by atoms with E-state index in [1.807, 2.05) is 6.92 Å². The molecule has 98 valence electrons. The third-order valence-electron chi connectivity index (χ3n) is 3.23. The van der Waals surface area contributed by atoms with Gasteiger partial charge in [-0.3, -0.25) is 0 Å². The van der Waals surface area contributed by atoms with Crippen LogP contribution in [0.25, 0.3) is 11.0 Å². The number of hydrogen-bond donors (Lipinski definition) is 1. The molecule has 1 atom stereocenters. The Kier molecular flexibility index (Phi) is 3.80. The minimum Gasteiger partial charge on any atom is -0.330 e. The molecule has 2 rings (SSSR count). The van der Waals surface area contributed by atoms with E-state index in [2.05, 4.69) is 11.9 Å². The topological polar surface area (TPSA) is 20.7 Å². The van der Waals surface area contributed by atoms with Crippen LogP contribution in [-0.2, 0) is 0 Å². The van der Waals surface area contributed by atoms with Crippen molar-refractivity contribution in [3.8, 4) is 0 Å². The number of hydrogen-bond acceptors (Lipinski definition) is 1. The molecule has 1 unspecified atom stereocenters. The van der Waals surface area contributed by atoms with Crippen molar-refractivity contribution in [3.63, 3.8) is 0 Å². The minimum absolute atomic E-state index is 0.104. The fourth-order valence-corrected chi connectivity index (χ4v) is 2.70. The maximum absolute atomic E-state index is 13.9. The van der Waals surface area contributed by atoms with Gasteiger partial charge in [-0.15, -0.1) is 0 Å². The summed E-state index contributed by atoms with van der Waals surface area (Å²) < 4.78 is 29.5. The van der Waals surface area contributed by atoms with Gasteiger partial charge in [0.1, 0.15) is 5.52 Å². The van der Waals surface area contributed by atoms with E-state index in [0.29, 0.717) is 10.3 Å². The Labute approximate surface area is 110 Å². The number of fused-ring (bicyclic) bond motifs is 1. The molecule has 1 aromatic carbocycles. The van der Waals surface area contributed by atoms with Crippen LogP contribution in [0.5, 0.6) is 0 Å². The fraction of sp³-hybridized carbons (Fsp3) is 0.462. The number of halogens is 2. The lowest BCUT2D eigenvalue weighted by molar-refractivity contribution is 0.443. The number of nitrogens with one attached hydrogen (secondary N) is 1. The normalized spacial score (nSPS) is 13.1. The molecular weight excluding hydrogens is 254 g/mol. The SMILES string of the molecule is CCCC(CC)n1c(=S)[nH]c2ccc(F)c(F)c21. The predicted octanol–water partition coefficient (Wildman–Crippen LogP) is 4.73. The van der Waals surface area contributed by atoms with E-state index < -0.39 is 11.6 Å². The summed E-state index contributed by atoms with van der Waals surface area (Å²) in [5, 5.41) is 0. The highest BCUT2D eigenvalue weighted by Crippen LogP contribution is 2.27. The number of H-pyrrole nitrogens is 1. The van der Waals surface area contributed by atoms with Gasteiger partial charge in [0.2, 0.25) is 0 Å². The number of nitrogens with zero attached hydrogens (tertiary/aromatic N) is 1. The molecule has 1 heterocycles. The summed E-state index contributed by atoms with van der Waals surface area (Å²) in [5.41, 5.74) is 0.800. The van der Waals surface area contributed by atoms with Crippen LogP contribution in [0.3, 0.4) is 0 Å². The van der Waals surface area contributed by atoms with Crippen molar-refractivity contribution in [1.82, 2.24) is 9.55 Å². The highest BCUT2D eigenvalue weighted by atomic mass is 32.1. The second kappa shape index (κ2) is 5.18. The first kappa shape index (κ1) is 13.2. The van der Waals surface area contributed by atoms with E-state index >= 15 is 0 Å². The second-order valence-corrected chi connectivity index (χ2v) is 4.80. The largest absolute Gasteiger partial charge is 0.330 e. The quantitative estimate of drug-likeness (QED) is 0.797. The molecule has 0 spiro atoms. The van der Waals surface area contributed by atoms with Gasteiger partial charge in [-0.05, 0) is 37.2 Å². The van der Waals surface area contributed by atoms with Crippen molar-refractivity contribution in [2.75, 3.05) is 0 Å². The zero-order valence-electron chi connectivity index (χ0n) is 10.5. The summed E-state index contributed by atoms with van der Waals surface area (Å²) in [5.74, 6) is -1.66. The summed E-state index contributed by atoms with van der Waals surface area (Å²) >= 11 is 5.23. The van der Waals surface area contributed by atoms with Crippen molar-refractivity contribution in [2.45, 2.75) is 39.2 Å². The predicted molar refractivity (Wildman–Crippen MR) is 71.3 cm³/mol. The van der Waals surface area contributed by atoms with Crippen LogP contribution in [0, 0.1) is 16.4 Å². The van der Waals surface area contributed by atoms with E-state index in [4.69, 9.17) is 12.2 Å². The highest BCUT2D eigenvalue weighted by molar-refractivity contribution is 7.71. The first-order valence-corrected chi connectivity index (χ1v) is 6.59. The first-order valence-electron chi connectivity index (χ1n) is 6.18. The first-order chi connectivity index (χ1) is 8.60. The second-order valence-electron chi connectivity index (χ2n) is 4.41. The molecule has 2 aromatic rings. The van der Waals surface area contributed by atoms with E-state index in [0.717, 1.165) is 25.3 Å². The Hall–Kier alpha value is -1.23. The van der Waals surface area contributed by atoms with E-state index in [9.17, 15) is 8.78 Å². The molecule has 0 aliphatic rings. The maximum atomic E-state index is 13.9. The van der Waals surface area contributed by atoms with E-state index in [1.165, 1.54) is 6.07 Å². The maximum Gasteiger partial charge on any atom is 0.184 e. The molecule has 5 heteroatoms. The minimum atomic E-state index is -0.836. The van der Waals surface area contributed by atoms with Gasteiger partial charge in [0.15, 0.2) is 16.4 Å². The van der Waals surface area contributed by atoms with Gasteiger partial charge in [0, 0.05) is 6.04 Å². The smallest absolute Gasteiger partial charge is 0.184 e. The van der Waals surface area contributed by atoms with Crippen molar-refractivity contribution in [2.24, 2.45) is 0 Å². The lowest BCUT2D eigenvalue weighted by atomic mass is 10.1. The molecule has 0 saturated carbocycles. The van der Waals surface area contributed by atoms with Crippen LogP contribution in [0.15, 0.2) is 12.1 Å². The van der Waals surface area contributed by atoms with Crippen molar-refractivity contribution < 1.29 is 8.78 Å². The Morgan fingerprint density at radius 1 is 1.33 bits per heavy atom. The molecule has 2 nitrogen and oxygen atoms in total. The zero-order chi connectivity index (χ0) is 13.3. The van der Waals surface area contributed by atoms with Gasteiger partial charge < -0.3 is 9.55 Å². The monoisotopic (exact) mass is 270 g/mol. The summed E-state index contributed by atoms with van der Waals surface area (Å²) in [6, 6.07) is 2.75. The lowest BCUT2D eigenvalue weighted by Gasteiger charge is -2.17. The number of benzene rings is 1. The lowest BCUT2D eigenvalue weighted by Crippen LogP contribution is -2.09. The molecular formula is C13H16F2N2S. The van der Waals surface area contributed by atoms with Gasteiger partial charge in [-0.1, -0.05) is 20.3 Å². The third kappa shape index (κ3) is 2.07. The van der Waals surface area contributed by atoms with Gasteiger partial charge >= 0.3 is 0 Å². The number of rotatable bonds is 4. The van der Waals surface area contributed by atoms with Crippen LogP contribution < -0.4 is 0 Å². The molecule has 0 radical (unpaired) electrons. The summed E-state index contributed by atoms with van der Waals surface area (Å²) in [6.45, 7) is 4.09. The summed E-state index contributed by atoms with van der Waals surface area (Å²) in [4.78, 5) is 2.94. The Morgan fingerprint density at radius 2 is 2.06 bits per heavy atom. The molecule has 0 amide bonds. The molecule has 0 saturated heterocycles. The standard InChI is InChI=1S/C13H16F2N2S/c1-3-5-8(4-2)17-12-10(16-13(17)18)7-6-9(14)11(12)15/h6-8H,3-5H2,1-2H3,(H,16,18). The third-order valence-corrected chi connectivity index (χ3v) is 3.53. The van der Waals surface area contributed by atoms with Gasteiger partial charge in [-0.25, -0.2) is 8.78 Å². The highest BCUT2D eigenvalue weighted by Gasteiger charge is 2.18. The Bertz CT molecular complexity index is 615. The molecule has 18 heavy (non-hydrogen) atoms. The van der Waals surface area contributed by atoms with Crippen molar-refractivity contribution >= 4 is 23.3 Å². The fourth-order valence-electron chi connectivity index (χ4n) is 2.35. The number of aromatic nitrogens is 2. The Morgan fingerprint density at radius 3 is 2.67 bits per heavy atom. The van der Waals surface area contributed by atoms with Crippen LogP contribution in [-0.4, -0.2) is 9.55 Å².